The van der Waals surface area contributed by atoms with E-state index in [0.29, 0.717) is 6.42 Å². The second-order valence-corrected chi connectivity index (χ2v) is 2.69. The molecular formula is C7H11N3O3. The van der Waals surface area contributed by atoms with E-state index in [9.17, 15) is 9.59 Å². The number of hydrogen-bond donors (Lipinski definition) is 4. The smallest absolute Gasteiger partial charge is 0.343 e. The summed E-state index contributed by atoms with van der Waals surface area (Å²) in [5, 5.41) is 13.3. The Kier molecular flexibility index (Phi) is 2.52. The van der Waals surface area contributed by atoms with E-state index >= 15 is 0 Å². The van der Waals surface area contributed by atoms with E-state index in [1.807, 2.05) is 6.92 Å². The van der Waals surface area contributed by atoms with Gasteiger partial charge in [-0.05, 0) is 6.42 Å². The van der Waals surface area contributed by atoms with Gasteiger partial charge >= 0.3 is 5.97 Å². The van der Waals surface area contributed by atoms with Gasteiger partial charge in [0.2, 0.25) is 0 Å². The molecule has 0 aliphatic heterocycles. The molecule has 6 heteroatoms. The van der Waals surface area contributed by atoms with Crippen molar-refractivity contribution in [2.75, 3.05) is 0 Å². The van der Waals surface area contributed by atoms with E-state index in [1.165, 1.54) is 0 Å². The third kappa shape index (κ3) is 1.62. The van der Waals surface area contributed by atoms with E-state index in [4.69, 9.17) is 10.8 Å². The lowest BCUT2D eigenvalue weighted by Gasteiger charge is -2.05. The molecule has 1 unspecified atom stereocenters. The highest BCUT2D eigenvalue weighted by Gasteiger charge is 2.20. The Morgan fingerprint density at radius 2 is 2.23 bits per heavy atom. The number of carbonyl (C=O) groups is 1. The zero-order valence-electron chi connectivity index (χ0n) is 7.13. The van der Waals surface area contributed by atoms with Crippen molar-refractivity contribution >= 4 is 5.97 Å². The molecule has 0 amide bonds. The van der Waals surface area contributed by atoms with E-state index in [-0.39, 0.29) is 11.3 Å². The van der Waals surface area contributed by atoms with Crippen molar-refractivity contribution in [2.24, 2.45) is 5.73 Å². The van der Waals surface area contributed by atoms with Gasteiger partial charge in [0.15, 0.2) is 0 Å². The number of H-pyrrole nitrogens is 2. The monoisotopic (exact) mass is 185 g/mol. The summed E-state index contributed by atoms with van der Waals surface area (Å²) in [6.07, 6.45) is 0.564. The molecule has 1 aromatic rings. The van der Waals surface area contributed by atoms with Gasteiger partial charge in [0, 0.05) is 6.04 Å². The molecule has 1 heterocycles. The van der Waals surface area contributed by atoms with Crippen LogP contribution in [-0.2, 0) is 0 Å². The predicted molar refractivity (Wildman–Crippen MR) is 45.6 cm³/mol. The van der Waals surface area contributed by atoms with Gasteiger partial charge in [0.25, 0.3) is 5.56 Å². The molecule has 0 spiro atoms. The number of aromatic nitrogens is 2. The maximum atomic E-state index is 11.0. The molecule has 0 saturated heterocycles. The fourth-order valence-corrected chi connectivity index (χ4v) is 1.07. The molecular weight excluding hydrogens is 174 g/mol. The third-order valence-corrected chi connectivity index (χ3v) is 1.83. The summed E-state index contributed by atoms with van der Waals surface area (Å²) in [6, 6.07) is -0.454. The molecule has 0 bridgehead atoms. The molecule has 72 valence electrons. The quantitative estimate of drug-likeness (QED) is 0.522. The van der Waals surface area contributed by atoms with E-state index in [2.05, 4.69) is 10.2 Å². The highest BCUT2D eigenvalue weighted by molar-refractivity contribution is 5.88. The molecule has 0 saturated carbocycles. The van der Waals surface area contributed by atoms with Crippen molar-refractivity contribution in [2.45, 2.75) is 19.4 Å². The summed E-state index contributed by atoms with van der Waals surface area (Å²) in [7, 11) is 0. The van der Waals surface area contributed by atoms with Crippen LogP contribution in [0.1, 0.15) is 35.4 Å². The fourth-order valence-electron chi connectivity index (χ4n) is 1.07. The Labute approximate surface area is 73.7 Å². The zero-order chi connectivity index (χ0) is 10.0. The van der Waals surface area contributed by atoms with Crippen LogP contribution < -0.4 is 11.3 Å². The second kappa shape index (κ2) is 3.44. The summed E-state index contributed by atoms with van der Waals surface area (Å²) in [4.78, 5) is 21.6. The standard InChI is InChI=1S/C7H11N3O3/c1-2-3(8)5-4(7(12)13)6(11)10-9-5/h3H,2,8H2,1H3,(H,12,13)(H2,9,10,11). The molecule has 0 fully saturated rings. The highest BCUT2D eigenvalue weighted by atomic mass is 16.4. The summed E-state index contributed by atoms with van der Waals surface area (Å²) in [5.74, 6) is -1.26. The molecule has 1 rings (SSSR count). The van der Waals surface area contributed by atoms with Crippen LogP contribution >= 0.6 is 0 Å². The lowest BCUT2D eigenvalue weighted by atomic mass is 10.1. The molecule has 0 aromatic carbocycles. The van der Waals surface area contributed by atoms with Gasteiger partial charge in [0.1, 0.15) is 5.56 Å². The summed E-state index contributed by atoms with van der Waals surface area (Å²) >= 11 is 0. The van der Waals surface area contributed by atoms with Crippen molar-refractivity contribution in [3.05, 3.63) is 21.6 Å². The minimum Gasteiger partial charge on any atom is -0.477 e. The number of hydrogen-bond acceptors (Lipinski definition) is 3. The normalized spacial score (nSPS) is 12.8. The van der Waals surface area contributed by atoms with Crippen LogP contribution in [0.5, 0.6) is 0 Å². The minimum atomic E-state index is -1.26. The average Bonchev–Trinajstić information content (AvgIpc) is 2.45. The minimum absolute atomic E-state index is 0.250. The van der Waals surface area contributed by atoms with E-state index < -0.39 is 17.6 Å². The zero-order valence-corrected chi connectivity index (χ0v) is 7.13. The number of carboxylic acids is 1. The molecule has 1 aromatic heterocycles. The van der Waals surface area contributed by atoms with Gasteiger partial charge in [0.05, 0.1) is 5.69 Å². The molecule has 6 nitrogen and oxygen atoms in total. The second-order valence-electron chi connectivity index (χ2n) is 2.69. The summed E-state index contributed by atoms with van der Waals surface area (Å²) in [5.41, 5.74) is 4.90. The maximum Gasteiger partial charge on any atom is 0.343 e. The Bertz CT molecular complexity index is 365. The van der Waals surface area contributed by atoms with Crippen LogP contribution in [0.4, 0.5) is 0 Å². The van der Waals surface area contributed by atoms with Gasteiger partial charge in [-0.3, -0.25) is 15.0 Å². The number of rotatable bonds is 3. The van der Waals surface area contributed by atoms with E-state index in [1.54, 1.807) is 0 Å². The molecule has 0 aliphatic carbocycles. The van der Waals surface area contributed by atoms with Crippen LogP contribution in [-0.4, -0.2) is 21.3 Å². The van der Waals surface area contributed by atoms with Crippen molar-refractivity contribution < 1.29 is 9.90 Å². The Hall–Kier alpha value is -1.56. The average molecular weight is 185 g/mol. The molecule has 0 aliphatic rings. The number of aromatic carboxylic acids is 1. The van der Waals surface area contributed by atoms with Crippen LogP contribution in [0.25, 0.3) is 0 Å². The van der Waals surface area contributed by atoms with Crippen molar-refractivity contribution in [1.82, 2.24) is 10.2 Å². The number of carboxylic acid groups (broad SMARTS) is 1. The fraction of sp³-hybridized carbons (Fsp3) is 0.429. The van der Waals surface area contributed by atoms with Crippen LogP contribution in [0, 0.1) is 0 Å². The van der Waals surface area contributed by atoms with Gasteiger partial charge in [-0.25, -0.2) is 4.79 Å². The first-order valence-corrected chi connectivity index (χ1v) is 3.87. The van der Waals surface area contributed by atoms with Gasteiger partial charge in [-0.1, -0.05) is 6.92 Å². The van der Waals surface area contributed by atoms with Crippen molar-refractivity contribution in [3.63, 3.8) is 0 Å². The van der Waals surface area contributed by atoms with Gasteiger partial charge < -0.3 is 10.8 Å². The van der Waals surface area contributed by atoms with Crippen LogP contribution in [0.15, 0.2) is 4.79 Å². The Morgan fingerprint density at radius 3 is 2.69 bits per heavy atom. The molecule has 5 N–H and O–H groups in total. The highest BCUT2D eigenvalue weighted by Crippen LogP contribution is 2.12. The first kappa shape index (κ1) is 9.53. The number of nitrogens with two attached hydrogens (primary N) is 1. The lowest BCUT2D eigenvalue weighted by Crippen LogP contribution is -2.18. The summed E-state index contributed by atoms with van der Waals surface area (Å²) < 4.78 is 0. The Balaban J connectivity index is 3.22. The Morgan fingerprint density at radius 1 is 1.62 bits per heavy atom. The summed E-state index contributed by atoms with van der Waals surface area (Å²) in [6.45, 7) is 1.81. The maximum absolute atomic E-state index is 11.0. The SMILES string of the molecule is CCC(N)c1[nH][nH]c(=O)c1C(=O)O. The van der Waals surface area contributed by atoms with E-state index in [0.717, 1.165) is 0 Å². The largest absolute Gasteiger partial charge is 0.477 e. The lowest BCUT2D eigenvalue weighted by molar-refractivity contribution is 0.0694. The molecule has 13 heavy (non-hydrogen) atoms. The van der Waals surface area contributed by atoms with Crippen LogP contribution in [0.3, 0.4) is 0 Å². The number of nitrogens with one attached hydrogen (secondary N) is 2. The molecule has 0 radical (unpaired) electrons. The van der Waals surface area contributed by atoms with Crippen molar-refractivity contribution in [3.8, 4) is 0 Å². The predicted octanol–water partition coefficient (Wildman–Crippen LogP) is -0.189. The molecule has 1 atom stereocenters. The first-order chi connectivity index (χ1) is 6.07. The van der Waals surface area contributed by atoms with Gasteiger partial charge in [-0.2, -0.15) is 0 Å². The van der Waals surface area contributed by atoms with Crippen molar-refractivity contribution in [1.29, 1.82) is 0 Å². The topological polar surface area (TPSA) is 112 Å². The third-order valence-electron chi connectivity index (χ3n) is 1.83. The first-order valence-electron chi connectivity index (χ1n) is 3.87. The van der Waals surface area contributed by atoms with Crippen LogP contribution in [0.2, 0.25) is 0 Å². The van der Waals surface area contributed by atoms with Gasteiger partial charge in [-0.15, -0.1) is 0 Å². The number of aromatic amines is 2.